The fourth-order valence-corrected chi connectivity index (χ4v) is 3.08. The van der Waals surface area contributed by atoms with Crippen LogP contribution in [-0.4, -0.2) is 22.8 Å². The lowest BCUT2D eigenvalue weighted by molar-refractivity contribution is -0.111. The molecule has 0 atom stereocenters. The molecule has 5 nitrogen and oxygen atoms in total. The summed E-state index contributed by atoms with van der Waals surface area (Å²) in [6, 6.07) is 22.9. The van der Waals surface area contributed by atoms with Gasteiger partial charge < -0.3 is 10.1 Å². The number of nitrogens with one attached hydrogen (secondary N) is 1. The van der Waals surface area contributed by atoms with Crippen LogP contribution in [0.4, 0.5) is 10.1 Å². The monoisotopic (exact) mass is 413 g/mol. The summed E-state index contributed by atoms with van der Waals surface area (Å²) in [5.41, 5.74) is 3.84. The van der Waals surface area contributed by atoms with E-state index < -0.39 is 0 Å². The second-order valence-corrected chi connectivity index (χ2v) is 6.77. The van der Waals surface area contributed by atoms with Crippen LogP contribution >= 0.6 is 0 Å². The maximum atomic E-state index is 13.0. The van der Waals surface area contributed by atoms with E-state index in [2.05, 4.69) is 5.32 Å². The van der Waals surface area contributed by atoms with Gasteiger partial charge in [0.25, 0.3) is 0 Å². The lowest BCUT2D eigenvalue weighted by Gasteiger charge is -2.03. The van der Waals surface area contributed by atoms with Crippen LogP contribution in [0.15, 0.2) is 91.1 Å². The molecule has 6 heteroatoms. The smallest absolute Gasteiger partial charge is 0.248 e. The standard InChI is InChI=1S/C25H20FN3O2/c1-31-23-14-7-18(8-15-23)25-19(17-29(28-25)22-5-3-2-4-6-22)9-16-24(30)27-21-12-10-20(26)11-13-21/h2-17H,1H3,(H,27,30)/b16-9+. The van der Waals surface area contributed by atoms with E-state index in [9.17, 15) is 9.18 Å². The van der Waals surface area contributed by atoms with Crippen molar-refractivity contribution in [2.75, 3.05) is 12.4 Å². The molecule has 1 N–H and O–H groups in total. The van der Waals surface area contributed by atoms with Crippen molar-refractivity contribution in [2.45, 2.75) is 0 Å². The molecule has 1 aromatic heterocycles. The number of hydrogen-bond donors (Lipinski definition) is 1. The highest BCUT2D eigenvalue weighted by atomic mass is 19.1. The fraction of sp³-hybridized carbons (Fsp3) is 0.0400. The number of amides is 1. The van der Waals surface area contributed by atoms with Crippen LogP contribution in [0.5, 0.6) is 5.75 Å². The van der Waals surface area contributed by atoms with Gasteiger partial charge in [-0.15, -0.1) is 0 Å². The lowest BCUT2D eigenvalue weighted by atomic mass is 10.1. The Kier molecular flexibility index (Phi) is 5.89. The molecule has 0 spiro atoms. The van der Waals surface area contributed by atoms with Gasteiger partial charge in [0.15, 0.2) is 0 Å². The lowest BCUT2D eigenvalue weighted by Crippen LogP contribution is -2.07. The number of carbonyl (C=O) groups excluding carboxylic acids is 1. The number of nitrogens with zero attached hydrogens (tertiary/aromatic N) is 2. The van der Waals surface area contributed by atoms with Crippen molar-refractivity contribution < 1.29 is 13.9 Å². The van der Waals surface area contributed by atoms with Crippen LogP contribution < -0.4 is 10.1 Å². The van der Waals surface area contributed by atoms with Crippen molar-refractivity contribution in [2.24, 2.45) is 0 Å². The van der Waals surface area contributed by atoms with E-state index in [1.807, 2.05) is 60.8 Å². The highest BCUT2D eigenvalue weighted by molar-refractivity contribution is 6.02. The molecule has 4 rings (SSSR count). The Morgan fingerprint density at radius 1 is 1.00 bits per heavy atom. The number of para-hydroxylation sites is 1. The predicted octanol–water partition coefficient (Wildman–Crippen LogP) is 5.34. The molecule has 154 valence electrons. The molecule has 0 unspecified atom stereocenters. The van der Waals surface area contributed by atoms with Gasteiger partial charge in [0.1, 0.15) is 11.6 Å². The summed E-state index contributed by atoms with van der Waals surface area (Å²) in [6.45, 7) is 0. The molecule has 0 aliphatic carbocycles. The third-order valence-corrected chi connectivity index (χ3v) is 4.65. The molecule has 3 aromatic carbocycles. The molecular weight excluding hydrogens is 393 g/mol. The van der Waals surface area contributed by atoms with Crippen molar-refractivity contribution in [3.05, 3.63) is 103 Å². The highest BCUT2D eigenvalue weighted by Gasteiger charge is 2.11. The number of methoxy groups -OCH3 is 1. The minimum Gasteiger partial charge on any atom is -0.497 e. The highest BCUT2D eigenvalue weighted by Crippen LogP contribution is 2.26. The van der Waals surface area contributed by atoms with Crippen LogP contribution in [-0.2, 0) is 4.79 Å². The molecule has 0 fully saturated rings. The summed E-state index contributed by atoms with van der Waals surface area (Å²) < 4.78 is 20.1. The van der Waals surface area contributed by atoms with Crippen molar-refractivity contribution in [1.29, 1.82) is 0 Å². The molecule has 4 aromatic rings. The second-order valence-electron chi connectivity index (χ2n) is 6.77. The number of rotatable bonds is 6. The van der Waals surface area contributed by atoms with Gasteiger partial charge in [-0.25, -0.2) is 9.07 Å². The maximum absolute atomic E-state index is 13.0. The molecule has 0 saturated carbocycles. The zero-order chi connectivity index (χ0) is 21.6. The Labute approximate surface area is 179 Å². The molecule has 0 aliphatic heterocycles. The fourth-order valence-electron chi connectivity index (χ4n) is 3.08. The van der Waals surface area contributed by atoms with Gasteiger partial charge in [0.2, 0.25) is 5.91 Å². The normalized spacial score (nSPS) is 10.9. The number of anilines is 1. The second kappa shape index (κ2) is 9.09. The van der Waals surface area contributed by atoms with Crippen LogP contribution in [0.3, 0.4) is 0 Å². The molecular formula is C25H20FN3O2. The predicted molar refractivity (Wildman–Crippen MR) is 120 cm³/mol. The van der Waals surface area contributed by atoms with Crippen molar-refractivity contribution in [3.8, 4) is 22.7 Å². The third kappa shape index (κ3) is 4.87. The van der Waals surface area contributed by atoms with E-state index in [1.165, 1.54) is 30.3 Å². The first-order chi connectivity index (χ1) is 15.1. The third-order valence-electron chi connectivity index (χ3n) is 4.65. The SMILES string of the molecule is COc1ccc(-c2nn(-c3ccccc3)cc2/C=C/C(=O)Nc2ccc(F)cc2)cc1. The average Bonchev–Trinajstić information content (AvgIpc) is 3.24. The molecule has 31 heavy (non-hydrogen) atoms. The zero-order valence-corrected chi connectivity index (χ0v) is 16.8. The van der Waals surface area contributed by atoms with Gasteiger partial charge in [-0.3, -0.25) is 4.79 Å². The topological polar surface area (TPSA) is 56.2 Å². The van der Waals surface area contributed by atoms with E-state index >= 15 is 0 Å². The van der Waals surface area contributed by atoms with Crippen molar-refractivity contribution in [3.63, 3.8) is 0 Å². The Morgan fingerprint density at radius 2 is 1.71 bits per heavy atom. The van der Waals surface area contributed by atoms with Crippen LogP contribution in [0, 0.1) is 5.82 Å². The summed E-state index contributed by atoms with van der Waals surface area (Å²) in [5.74, 6) is 0.0766. The van der Waals surface area contributed by atoms with E-state index in [-0.39, 0.29) is 11.7 Å². The minimum atomic E-state index is -0.356. The Hall–Kier alpha value is -4.19. The average molecular weight is 413 g/mol. The molecule has 0 radical (unpaired) electrons. The van der Waals surface area contributed by atoms with Crippen molar-refractivity contribution >= 4 is 17.7 Å². The van der Waals surface area contributed by atoms with Crippen molar-refractivity contribution in [1.82, 2.24) is 9.78 Å². The summed E-state index contributed by atoms with van der Waals surface area (Å²) >= 11 is 0. The van der Waals surface area contributed by atoms with Gasteiger partial charge in [0.05, 0.1) is 18.5 Å². The first-order valence-electron chi connectivity index (χ1n) is 9.66. The van der Waals surface area contributed by atoms with Gasteiger partial charge in [-0.2, -0.15) is 5.10 Å². The quantitative estimate of drug-likeness (QED) is 0.434. The number of halogens is 1. The first kappa shape index (κ1) is 20.1. The van der Waals surface area contributed by atoms with E-state index in [4.69, 9.17) is 9.84 Å². The minimum absolute atomic E-state index is 0.320. The number of ether oxygens (including phenoxy) is 1. The summed E-state index contributed by atoms with van der Waals surface area (Å²) in [6.07, 6.45) is 5.02. The largest absolute Gasteiger partial charge is 0.497 e. The summed E-state index contributed by atoms with van der Waals surface area (Å²) in [4.78, 5) is 12.3. The van der Waals surface area contributed by atoms with E-state index in [1.54, 1.807) is 17.9 Å². The number of aromatic nitrogens is 2. The van der Waals surface area contributed by atoms with Crippen LogP contribution in [0.2, 0.25) is 0 Å². The van der Waals surface area contributed by atoms with Gasteiger partial charge in [-0.05, 0) is 66.7 Å². The van der Waals surface area contributed by atoms with Gasteiger partial charge >= 0.3 is 0 Å². The molecule has 0 bridgehead atoms. The molecule has 0 aliphatic rings. The number of benzene rings is 3. The van der Waals surface area contributed by atoms with Gasteiger partial charge in [-0.1, -0.05) is 18.2 Å². The van der Waals surface area contributed by atoms with Gasteiger partial charge in [0, 0.05) is 29.1 Å². The zero-order valence-electron chi connectivity index (χ0n) is 16.8. The molecule has 0 saturated heterocycles. The molecule has 1 amide bonds. The summed E-state index contributed by atoms with van der Waals surface area (Å²) in [7, 11) is 1.62. The number of hydrogen-bond acceptors (Lipinski definition) is 3. The Bertz CT molecular complexity index is 1200. The van der Waals surface area contributed by atoms with E-state index in [0.29, 0.717) is 5.69 Å². The Morgan fingerprint density at radius 3 is 2.39 bits per heavy atom. The number of carbonyl (C=O) groups is 1. The van der Waals surface area contributed by atoms with Crippen LogP contribution in [0.25, 0.3) is 23.0 Å². The van der Waals surface area contributed by atoms with Crippen LogP contribution in [0.1, 0.15) is 5.56 Å². The Balaban J connectivity index is 1.64. The maximum Gasteiger partial charge on any atom is 0.248 e. The first-order valence-corrected chi connectivity index (χ1v) is 9.66. The van der Waals surface area contributed by atoms with E-state index in [0.717, 1.165) is 28.3 Å². The molecule has 1 heterocycles. The summed E-state index contributed by atoms with van der Waals surface area (Å²) in [5, 5.41) is 7.45.